The molecule has 0 heterocycles. The fraction of sp³-hybridized carbons (Fsp3) is 0.235. The van der Waals surface area contributed by atoms with Crippen molar-refractivity contribution in [2.75, 3.05) is 26.1 Å². The monoisotopic (exact) mass is 301 g/mol. The van der Waals surface area contributed by atoms with Gasteiger partial charge in [0.25, 0.3) is 5.91 Å². The maximum atomic E-state index is 12.4. The molecule has 1 N–H and O–H groups in total. The molecule has 0 aromatic heterocycles. The van der Waals surface area contributed by atoms with Crippen molar-refractivity contribution in [2.45, 2.75) is 6.92 Å². The molecule has 0 fully saturated rings. The van der Waals surface area contributed by atoms with Crippen molar-refractivity contribution >= 4 is 11.6 Å². The van der Waals surface area contributed by atoms with Crippen LogP contribution in [0, 0.1) is 0 Å². The van der Waals surface area contributed by atoms with Crippen molar-refractivity contribution in [3.05, 3.63) is 48.0 Å². The lowest BCUT2D eigenvalue weighted by Gasteiger charge is -2.12. The zero-order valence-electron chi connectivity index (χ0n) is 12.9. The van der Waals surface area contributed by atoms with E-state index in [-0.39, 0.29) is 5.91 Å². The molecule has 0 unspecified atom stereocenters. The number of hydrogen-bond acceptors (Lipinski definition) is 4. The Morgan fingerprint density at radius 1 is 1.05 bits per heavy atom. The van der Waals surface area contributed by atoms with E-state index in [0.717, 1.165) is 0 Å². The third-order valence-electron chi connectivity index (χ3n) is 3.05. The summed E-state index contributed by atoms with van der Waals surface area (Å²) in [5, 5.41) is 2.84. The van der Waals surface area contributed by atoms with Crippen LogP contribution < -0.4 is 19.5 Å². The Morgan fingerprint density at radius 2 is 1.68 bits per heavy atom. The molecule has 0 spiro atoms. The molecular formula is C17H19NO4. The van der Waals surface area contributed by atoms with Gasteiger partial charge in [0, 0.05) is 11.6 Å². The van der Waals surface area contributed by atoms with Gasteiger partial charge in [-0.05, 0) is 31.2 Å². The van der Waals surface area contributed by atoms with E-state index in [4.69, 9.17) is 14.2 Å². The summed E-state index contributed by atoms with van der Waals surface area (Å²) in [5.41, 5.74) is 1.07. The highest BCUT2D eigenvalue weighted by Crippen LogP contribution is 2.26. The maximum absolute atomic E-state index is 12.4. The summed E-state index contributed by atoms with van der Waals surface area (Å²) >= 11 is 0. The molecule has 0 radical (unpaired) electrons. The Labute approximate surface area is 129 Å². The predicted molar refractivity (Wildman–Crippen MR) is 85.1 cm³/mol. The summed E-state index contributed by atoms with van der Waals surface area (Å²) in [7, 11) is 3.09. The largest absolute Gasteiger partial charge is 0.497 e. The predicted octanol–water partition coefficient (Wildman–Crippen LogP) is 3.35. The van der Waals surface area contributed by atoms with E-state index in [2.05, 4.69) is 5.32 Å². The van der Waals surface area contributed by atoms with Crippen LogP contribution in [0.3, 0.4) is 0 Å². The molecule has 0 aliphatic carbocycles. The third kappa shape index (κ3) is 3.69. The number of anilines is 1. The summed E-state index contributed by atoms with van der Waals surface area (Å²) < 4.78 is 15.9. The molecule has 116 valence electrons. The lowest BCUT2D eigenvalue weighted by Crippen LogP contribution is -2.13. The van der Waals surface area contributed by atoms with Gasteiger partial charge < -0.3 is 19.5 Å². The second-order valence-electron chi connectivity index (χ2n) is 4.48. The number of amides is 1. The first-order valence-corrected chi connectivity index (χ1v) is 6.94. The summed E-state index contributed by atoms with van der Waals surface area (Å²) in [6.07, 6.45) is 0. The minimum Gasteiger partial charge on any atom is -0.497 e. The molecule has 2 aromatic rings. The number of methoxy groups -OCH3 is 2. The van der Waals surface area contributed by atoms with Gasteiger partial charge in [-0.15, -0.1) is 0 Å². The maximum Gasteiger partial charge on any atom is 0.256 e. The van der Waals surface area contributed by atoms with Gasteiger partial charge in [-0.3, -0.25) is 4.79 Å². The molecule has 0 atom stereocenters. The van der Waals surface area contributed by atoms with Gasteiger partial charge in [-0.25, -0.2) is 0 Å². The van der Waals surface area contributed by atoms with E-state index in [0.29, 0.717) is 35.1 Å². The molecule has 1 amide bonds. The van der Waals surface area contributed by atoms with Crippen LogP contribution in [-0.2, 0) is 0 Å². The summed E-state index contributed by atoms with van der Waals surface area (Å²) in [4.78, 5) is 12.4. The number of ether oxygens (including phenoxy) is 3. The molecule has 2 rings (SSSR count). The fourth-order valence-corrected chi connectivity index (χ4v) is 1.98. The highest BCUT2D eigenvalue weighted by molar-refractivity contribution is 6.05. The number of benzene rings is 2. The quantitative estimate of drug-likeness (QED) is 0.889. The lowest BCUT2D eigenvalue weighted by molar-refractivity contribution is 0.102. The molecule has 2 aromatic carbocycles. The van der Waals surface area contributed by atoms with Crippen molar-refractivity contribution in [3.63, 3.8) is 0 Å². The van der Waals surface area contributed by atoms with Crippen molar-refractivity contribution in [3.8, 4) is 17.2 Å². The van der Waals surface area contributed by atoms with Crippen molar-refractivity contribution in [1.82, 2.24) is 0 Å². The van der Waals surface area contributed by atoms with Crippen LogP contribution in [0.15, 0.2) is 42.5 Å². The normalized spacial score (nSPS) is 9.95. The smallest absolute Gasteiger partial charge is 0.256 e. The SMILES string of the molecule is CCOc1ccccc1NC(=O)c1cc(OC)cc(OC)c1. The van der Waals surface area contributed by atoms with Crippen LogP contribution in [0.1, 0.15) is 17.3 Å². The number of hydrogen-bond donors (Lipinski definition) is 1. The number of carbonyl (C=O) groups excluding carboxylic acids is 1. The first kappa shape index (κ1) is 15.7. The molecule has 0 bridgehead atoms. The van der Waals surface area contributed by atoms with Crippen molar-refractivity contribution < 1.29 is 19.0 Å². The molecule has 0 saturated carbocycles. The zero-order chi connectivity index (χ0) is 15.9. The van der Waals surface area contributed by atoms with Gasteiger partial charge in [0.15, 0.2) is 0 Å². The van der Waals surface area contributed by atoms with Crippen molar-refractivity contribution in [2.24, 2.45) is 0 Å². The average Bonchev–Trinajstić information content (AvgIpc) is 2.56. The van der Waals surface area contributed by atoms with Crippen molar-refractivity contribution in [1.29, 1.82) is 0 Å². The summed E-state index contributed by atoms with van der Waals surface area (Å²) in [5.74, 6) is 1.49. The molecule has 0 aliphatic heterocycles. The number of carbonyl (C=O) groups is 1. The highest BCUT2D eigenvalue weighted by Gasteiger charge is 2.12. The van der Waals surface area contributed by atoms with Crippen LogP contribution in [0.4, 0.5) is 5.69 Å². The zero-order valence-corrected chi connectivity index (χ0v) is 12.9. The van der Waals surface area contributed by atoms with Crippen LogP contribution in [0.25, 0.3) is 0 Å². The summed E-state index contributed by atoms with van der Waals surface area (Å²) in [6.45, 7) is 2.42. The lowest BCUT2D eigenvalue weighted by atomic mass is 10.1. The molecule has 22 heavy (non-hydrogen) atoms. The molecule has 5 nitrogen and oxygen atoms in total. The Bertz CT molecular complexity index is 633. The minimum absolute atomic E-state index is 0.260. The van der Waals surface area contributed by atoms with E-state index < -0.39 is 0 Å². The highest BCUT2D eigenvalue weighted by atomic mass is 16.5. The Hall–Kier alpha value is -2.69. The van der Waals surface area contributed by atoms with E-state index in [1.165, 1.54) is 0 Å². The number of nitrogens with one attached hydrogen (secondary N) is 1. The number of rotatable bonds is 6. The standard InChI is InChI=1S/C17H19NO4/c1-4-22-16-8-6-5-7-15(16)18-17(19)12-9-13(20-2)11-14(10-12)21-3/h5-11H,4H2,1-3H3,(H,18,19). The van der Waals surface area contributed by atoms with Gasteiger partial charge in [-0.2, -0.15) is 0 Å². The van der Waals surface area contributed by atoms with Gasteiger partial charge in [0.2, 0.25) is 0 Å². The van der Waals surface area contributed by atoms with E-state index in [9.17, 15) is 4.79 Å². The van der Waals surface area contributed by atoms with Crippen LogP contribution in [-0.4, -0.2) is 26.7 Å². The second kappa shape index (κ2) is 7.36. The number of para-hydroxylation sites is 2. The molecule has 0 aliphatic rings. The topological polar surface area (TPSA) is 56.8 Å². The average molecular weight is 301 g/mol. The third-order valence-corrected chi connectivity index (χ3v) is 3.05. The van der Waals surface area contributed by atoms with Gasteiger partial charge in [-0.1, -0.05) is 12.1 Å². The first-order valence-electron chi connectivity index (χ1n) is 6.94. The fourth-order valence-electron chi connectivity index (χ4n) is 1.98. The van der Waals surface area contributed by atoms with Gasteiger partial charge >= 0.3 is 0 Å². The van der Waals surface area contributed by atoms with Crippen LogP contribution >= 0.6 is 0 Å². The molecule has 5 heteroatoms. The van der Waals surface area contributed by atoms with Gasteiger partial charge in [0.05, 0.1) is 26.5 Å². The van der Waals surface area contributed by atoms with Gasteiger partial charge in [0.1, 0.15) is 17.2 Å². The Morgan fingerprint density at radius 3 is 2.27 bits per heavy atom. The van der Waals surface area contributed by atoms with E-state index in [1.54, 1.807) is 38.5 Å². The Kier molecular flexibility index (Phi) is 5.25. The van der Waals surface area contributed by atoms with Crippen LogP contribution in [0.5, 0.6) is 17.2 Å². The van der Waals surface area contributed by atoms with E-state index >= 15 is 0 Å². The first-order chi connectivity index (χ1) is 10.7. The Balaban J connectivity index is 2.26. The summed E-state index contributed by atoms with van der Waals surface area (Å²) in [6, 6.07) is 12.3. The van der Waals surface area contributed by atoms with E-state index in [1.807, 2.05) is 25.1 Å². The molecule has 0 saturated heterocycles. The van der Waals surface area contributed by atoms with Crippen LogP contribution in [0.2, 0.25) is 0 Å². The molecular weight excluding hydrogens is 282 g/mol. The minimum atomic E-state index is -0.260. The second-order valence-corrected chi connectivity index (χ2v) is 4.48.